The van der Waals surface area contributed by atoms with Crippen molar-refractivity contribution in [1.82, 2.24) is 4.57 Å². The highest BCUT2D eigenvalue weighted by Gasteiger charge is 2.34. The number of rotatable bonds is 5. The lowest BCUT2D eigenvalue weighted by atomic mass is 10.0. The Morgan fingerprint density at radius 3 is 2.39 bits per heavy atom. The fraction of sp³-hybridized carbons (Fsp3) is 0.154. The first-order valence-corrected chi connectivity index (χ1v) is 10.4. The maximum absolute atomic E-state index is 13.8. The molecule has 0 unspecified atom stereocenters. The number of carbonyl (C=O) groups is 1. The molecule has 33 heavy (non-hydrogen) atoms. The fourth-order valence-electron chi connectivity index (χ4n) is 4.56. The number of fused-ring (bicyclic) bond motifs is 5. The van der Waals surface area contributed by atoms with Gasteiger partial charge in [-0.1, -0.05) is 36.4 Å². The van der Waals surface area contributed by atoms with Crippen LogP contribution in [0.25, 0.3) is 22.0 Å². The van der Waals surface area contributed by atoms with Gasteiger partial charge in [-0.3, -0.25) is 9.59 Å². The average Bonchev–Trinajstić information content (AvgIpc) is 3.13. The summed E-state index contributed by atoms with van der Waals surface area (Å²) < 4.78 is 12.3. The Bertz CT molecular complexity index is 1490. The molecular weight excluding hydrogens is 422 g/mol. The second kappa shape index (κ2) is 7.79. The maximum atomic E-state index is 13.8. The van der Waals surface area contributed by atoms with Gasteiger partial charge in [0.2, 0.25) is 0 Å². The summed E-state index contributed by atoms with van der Waals surface area (Å²) in [7, 11) is 2.91. The van der Waals surface area contributed by atoms with Gasteiger partial charge in [-0.25, -0.2) is 0 Å². The fourth-order valence-corrected chi connectivity index (χ4v) is 4.56. The van der Waals surface area contributed by atoms with Crippen molar-refractivity contribution in [3.05, 3.63) is 87.7 Å². The van der Waals surface area contributed by atoms with Crippen molar-refractivity contribution >= 4 is 16.6 Å². The molecule has 7 heteroatoms. The summed E-state index contributed by atoms with van der Waals surface area (Å²) in [6.07, 6.45) is -1.10. The van der Waals surface area contributed by atoms with E-state index in [2.05, 4.69) is 0 Å². The maximum Gasteiger partial charge on any atom is 0.262 e. The molecule has 1 aromatic heterocycles. The molecule has 1 heterocycles. The zero-order valence-electron chi connectivity index (χ0n) is 18.0. The van der Waals surface area contributed by atoms with Crippen molar-refractivity contribution < 1.29 is 24.5 Å². The molecule has 1 aliphatic rings. The summed E-state index contributed by atoms with van der Waals surface area (Å²) in [5.41, 5.74) is 2.01. The largest absolute Gasteiger partial charge is 0.508 e. The number of carbonyl (C=O) groups excluding carboxylic acids is 1. The molecular formula is C26H21NO6. The minimum atomic E-state index is -1.10. The molecule has 166 valence electrons. The lowest BCUT2D eigenvalue weighted by Gasteiger charge is -2.20. The van der Waals surface area contributed by atoms with Crippen molar-refractivity contribution in [3.8, 4) is 28.5 Å². The van der Waals surface area contributed by atoms with Crippen LogP contribution < -0.4 is 15.0 Å². The Kier molecular flexibility index (Phi) is 4.91. The first kappa shape index (κ1) is 20.8. The lowest BCUT2D eigenvalue weighted by Crippen LogP contribution is -2.26. The summed E-state index contributed by atoms with van der Waals surface area (Å²) >= 11 is 0. The summed E-state index contributed by atoms with van der Waals surface area (Å²) in [5, 5.41) is 21.4. The van der Waals surface area contributed by atoms with Crippen LogP contribution in [-0.4, -0.2) is 34.8 Å². The number of methoxy groups -OCH3 is 2. The van der Waals surface area contributed by atoms with Crippen molar-refractivity contribution in [2.24, 2.45) is 0 Å². The molecule has 0 aliphatic heterocycles. The van der Waals surface area contributed by atoms with Gasteiger partial charge in [-0.2, -0.15) is 0 Å². The highest BCUT2D eigenvalue weighted by atomic mass is 16.5. The van der Waals surface area contributed by atoms with E-state index in [1.54, 1.807) is 48.5 Å². The van der Waals surface area contributed by atoms with E-state index in [0.29, 0.717) is 39.1 Å². The molecule has 0 spiro atoms. The van der Waals surface area contributed by atoms with Crippen LogP contribution >= 0.6 is 0 Å². The lowest BCUT2D eigenvalue weighted by molar-refractivity contribution is 0.104. The van der Waals surface area contributed by atoms with E-state index in [1.165, 1.54) is 30.9 Å². The number of aromatic hydroxyl groups is 1. The Hall–Kier alpha value is -4.10. The van der Waals surface area contributed by atoms with E-state index in [0.717, 1.165) is 0 Å². The summed E-state index contributed by atoms with van der Waals surface area (Å²) in [4.78, 5) is 27.3. The zero-order valence-corrected chi connectivity index (χ0v) is 18.0. The SMILES string of the molecule is COc1ccc2c3c(n(C[C@@H](O)c4cccc(O)c4)c(=O)c2c1OC)-c1ccccc1C3=O. The van der Waals surface area contributed by atoms with Crippen LogP contribution in [0.4, 0.5) is 0 Å². The zero-order chi connectivity index (χ0) is 23.3. The van der Waals surface area contributed by atoms with Crippen LogP contribution in [0.3, 0.4) is 0 Å². The van der Waals surface area contributed by atoms with Crippen LogP contribution in [0.1, 0.15) is 27.6 Å². The van der Waals surface area contributed by atoms with E-state index in [9.17, 15) is 19.8 Å². The number of ketones is 1. The average molecular weight is 443 g/mol. The highest BCUT2D eigenvalue weighted by molar-refractivity contribution is 6.27. The van der Waals surface area contributed by atoms with Gasteiger partial charge in [0.25, 0.3) is 5.56 Å². The third kappa shape index (κ3) is 3.08. The van der Waals surface area contributed by atoms with Crippen molar-refractivity contribution in [1.29, 1.82) is 0 Å². The number of aliphatic hydroxyl groups is 1. The van der Waals surface area contributed by atoms with E-state index >= 15 is 0 Å². The summed E-state index contributed by atoms with van der Waals surface area (Å²) in [5.74, 6) is 0.408. The second-order valence-electron chi connectivity index (χ2n) is 7.85. The minimum Gasteiger partial charge on any atom is -0.508 e. The monoisotopic (exact) mass is 443 g/mol. The molecule has 0 radical (unpaired) electrons. The number of benzene rings is 3. The van der Waals surface area contributed by atoms with Gasteiger partial charge in [0.05, 0.1) is 43.5 Å². The number of hydrogen-bond donors (Lipinski definition) is 2. The number of nitrogens with zero attached hydrogens (tertiary/aromatic N) is 1. The summed E-state index contributed by atoms with van der Waals surface area (Å²) in [6.45, 7) is -0.122. The van der Waals surface area contributed by atoms with Crippen LogP contribution in [-0.2, 0) is 6.54 Å². The molecule has 0 saturated carbocycles. The Balaban J connectivity index is 1.84. The Morgan fingerprint density at radius 1 is 0.939 bits per heavy atom. The number of aliphatic hydroxyl groups excluding tert-OH is 1. The third-order valence-electron chi connectivity index (χ3n) is 6.05. The predicted molar refractivity (Wildman–Crippen MR) is 123 cm³/mol. The van der Waals surface area contributed by atoms with Gasteiger partial charge >= 0.3 is 0 Å². The molecule has 3 aromatic carbocycles. The number of hydrogen-bond acceptors (Lipinski definition) is 6. The molecule has 0 bridgehead atoms. The summed E-state index contributed by atoms with van der Waals surface area (Å²) in [6, 6.07) is 16.7. The van der Waals surface area contributed by atoms with Gasteiger partial charge in [-0.15, -0.1) is 0 Å². The number of phenolic OH excluding ortho intramolecular Hbond substituents is 1. The molecule has 1 atom stereocenters. The van der Waals surface area contributed by atoms with Crippen molar-refractivity contribution in [2.75, 3.05) is 14.2 Å². The Labute approximate surface area is 189 Å². The van der Waals surface area contributed by atoms with Crippen LogP contribution in [0, 0.1) is 0 Å². The highest BCUT2D eigenvalue weighted by Crippen LogP contribution is 2.43. The molecule has 7 nitrogen and oxygen atoms in total. The van der Waals surface area contributed by atoms with Crippen LogP contribution in [0.2, 0.25) is 0 Å². The van der Waals surface area contributed by atoms with E-state index in [1.807, 2.05) is 0 Å². The van der Waals surface area contributed by atoms with Gasteiger partial charge < -0.3 is 24.3 Å². The third-order valence-corrected chi connectivity index (χ3v) is 6.05. The van der Waals surface area contributed by atoms with E-state index < -0.39 is 11.7 Å². The molecule has 5 rings (SSSR count). The molecule has 0 amide bonds. The first-order chi connectivity index (χ1) is 16.0. The minimum absolute atomic E-state index is 0.00886. The van der Waals surface area contributed by atoms with Crippen molar-refractivity contribution in [3.63, 3.8) is 0 Å². The second-order valence-corrected chi connectivity index (χ2v) is 7.85. The van der Waals surface area contributed by atoms with E-state index in [-0.39, 0.29) is 29.2 Å². The first-order valence-electron chi connectivity index (χ1n) is 10.4. The molecule has 2 N–H and O–H groups in total. The van der Waals surface area contributed by atoms with Crippen LogP contribution in [0.5, 0.6) is 17.2 Å². The smallest absolute Gasteiger partial charge is 0.262 e. The van der Waals surface area contributed by atoms with Gasteiger partial charge in [-0.05, 0) is 29.8 Å². The predicted octanol–water partition coefficient (Wildman–Crippen LogP) is 3.67. The normalized spacial score (nSPS) is 13.0. The van der Waals surface area contributed by atoms with Gasteiger partial charge in [0.1, 0.15) is 5.75 Å². The van der Waals surface area contributed by atoms with Crippen molar-refractivity contribution in [2.45, 2.75) is 12.6 Å². The quantitative estimate of drug-likeness (QED) is 0.430. The molecule has 0 saturated heterocycles. The molecule has 4 aromatic rings. The van der Waals surface area contributed by atoms with E-state index in [4.69, 9.17) is 9.47 Å². The number of phenols is 1. The van der Waals surface area contributed by atoms with Gasteiger partial charge in [0.15, 0.2) is 17.3 Å². The van der Waals surface area contributed by atoms with Gasteiger partial charge in [0, 0.05) is 16.5 Å². The topological polar surface area (TPSA) is 98.0 Å². The molecule has 0 fully saturated rings. The molecule has 1 aliphatic carbocycles. The van der Waals surface area contributed by atoms with Crippen LogP contribution in [0.15, 0.2) is 65.5 Å². The standard InChI is InChI=1S/C26H21NO6/c1-32-20-11-10-18-21-23(16-8-3-4-9-17(16)24(21)30)27(26(31)22(18)25(20)33-2)13-19(29)14-6-5-7-15(28)12-14/h3-12,19,28-29H,13H2,1-2H3/t19-/m1/s1. The number of ether oxygens (including phenoxy) is 2. The Morgan fingerprint density at radius 2 is 1.70 bits per heavy atom. The number of pyridine rings is 1. The number of aromatic nitrogens is 1.